The standard InChI is InChI=1S/C18H19BrF3N3O.C2H6/c1-26-14-5-6-15(19)16(11-14)24-7-9-25(10-8-24)17-4-2-3-13(12-23-17)18(20,21)22;1-2/h2-3,5-6,11-12H,4,7-10H2,1H3;1-2H3. The van der Waals surface area contributed by atoms with E-state index >= 15 is 0 Å². The molecule has 2 aliphatic rings. The minimum atomic E-state index is -4.37. The molecular weight excluding hydrogens is 435 g/mol. The predicted octanol–water partition coefficient (Wildman–Crippen LogP) is 5.41. The molecule has 0 saturated carbocycles. The summed E-state index contributed by atoms with van der Waals surface area (Å²) in [6.45, 7) is 6.91. The van der Waals surface area contributed by atoms with Crippen molar-refractivity contribution in [2.75, 3.05) is 38.2 Å². The number of halogens is 4. The molecule has 0 radical (unpaired) electrons. The van der Waals surface area contributed by atoms with Crippen LogP contribution in [0.25, 0.3) is 0 Å². The quantitative estimate of drug-likeness (QED) is 0.591. The predicted molar refractivity (Wildman–Crippen MR) is 111 cm³/mol. The highest BCUT2D eigenvalue weighted by Crippen LogP contribution is 2.31. The lowest BCUT2D eigenvalue weighted by molar-refractivity contribution is -0.0883. The molecule has 0 aromatic heterocycles. The molecule has 0 amide bonds. The molecule has 1 aromatic rings. The molecule has 1 aromatic carbocycles. The molecule has 0 bridgehead atoms. The molecule has 154 valence electrons. The van der Waals surface area contributed by atoms with Gasteiger partial charge in [0.05, 0.1) is 18.4 Å². The topological polar surface area (TPSA) is 28.1 Å². The number of rotatable bonds is 2. The molecule has 2 aliphatic heterocycles. The van der Waals surface area contributed by atoms with Crippen molar-refractivity contribution in [3.63, 3.8) is 0 Å². The van der Waals surface area contributed by atoms with Gasteiger partial charge in [-0.1, -0.05) is 26.0 Å². The van der Waals surface area contributed by atoms with Crippen LogP contribution in [0.4, 0.5) is 18.9 Å². The minimum Gasteiger partial charge on any atom is -0.497 e. The summed E-state index contributed by atoms with van der Waals surface area (Å²) in [6.07, 6.45) is -0.425. The van der Waals surface area contributed by atoms with Crippen molar-refractivity contribution in [2.45, 2.75) is 26.4 Å². The fourth-order valence-electron chi connectivity index (χ4n) is 2.98. The Hall–Kier alpha value is -1.96. The van der Waals surface area contributed by atoms with E-state index in [1.807, 2.05) is 36.9 Å². The Labute approximate surface area is 172 Å². The Morgan fingerprint density at radius 3 is 2.32 bits per heavy atom. The van der Waals surface area contributed by atoms with Crippen LogP contribution >= 0.6 is 15.9 Å². The number of ether oxygens (including phenoxy) is 1. The molecule has 0 N–H and O–H groups in total. The number of allylic oxidation sites excluding steroid dienone is 2. The van der Waals surface area contributed by atoms with Crippen molar-refractivity contribution in [2.24, 2.45) is 4.99 Å². The number of alkyl halides is 3. The first-order chi connectivity index (χ1) is 13.4. The molecule has 1 saturated heterocycles. The monoisotopic (exact) mass is 459 g/mol. The van der Waals surface area contributed by atoms with Crippen LogP contribution in [0.1, 0.15) is 20.3 Å². The fourth-order valence-corrected chi connectivity index (χ4v) is 3.47. The van der Waals surface area contributed by atoms with Gasteiger partial charge in [0.15, 0.2) is 0 Å². The van der Waals surface area contributed by atoms with Crippen LogP contribution in [0, 0.1) is 0 Å². The first-order valence-electron chi connectivity index (χ1n) is 9.22. The van der Waals surface area contributed by atoms with E-state index in [0.29, 0.717) is 25.3 Å². The van der Waals surface area contributed by atoms with E-state index in [9.17, 15) is 13.2 Å². The first kappa shape index (κ1) is 22.3. The van der Waals surface area contributed by atoms with Crippen LogP contribution in [-0.2, 0) is 0 Å². The average Bonchev–Trinajstić information content (AvgIpc) is 2.96. The highest BCUT2D eigenvalue weighted by atomic mass is 79.9. The number of aliphatic imine (C=N–C) groups is 1. The highest BCUT2D eigenvalue weighted by molar-refractivity contribution is 9.10. The van der Waals surface area contributed by atoms with Gasteiger partial charge in [0.25, 0.3) is 0 Å². The number of anilines is 1. The fraction of sp³-hybridized carbons (Fsp3) is 0.450. The number of hydrogen-bond acceptors (Lipinski definition) is 4. The van der Waals surface area contributed by atoms with E-state index in [4.69, 9.17) is 4.74 Å². The van der Waals surface area contributed by atoms with Crippen LogP contribution in [0.2, 0.25) is 0 Å². The molecule has 1 fully saturated rings. The van der Waals surface area contributed by atoms with Gasteiger partial charge in [0, 0.05) is 49.3 Å². The number of piperazine rings is 1. The van der Waals surface area contributed by atoms with Gasteiger partial charge in [-0.25, -0.2) is 4.99 Å². The van der Waals surface area contributed by atoms with Crippen molar-refractivity contribution < 1.29 is 17.9 Å². The van der Waals surface area contributed by atoms with E-state index in [2.05, 4.69) is 25.8 Å². The van der Waals surface area contributed by atoms with E-state index < -0.39 is 11.7 Å². The van der Waals surface area contributed by atoms with Gasteiger partial charge >= 0.3 is 6.18 Å². The van der Waals surface area contributed by atoms with Crippen molar-refractivity contribution in [1.29, 1.82) is 0 Å². The smallest absolute Gasteiger partial charge is 0.417 e. The maximum absolute atomic E-state index is 12.8. The van der Waals surface area contributed by atoms with Gasteiger partial charge < -0.3 is 14.5 Å². The average molecular weight is 460 g/mol. The second-order valence-electron chi connectivity index (χ2n) is 6.03. The molecule has 2 heterocycles. The van der Waals surface area contributed by atoms with Gasteiger partial charge in [0.2, 0.25) is 0 Å². The third-order valence-corrected chi connectivity index (χ3v) is 5.09. The van der Waals surface area contributed by atoms with E-state index in [-0.39, 0.29) is 0 Å². The lowest BCUT2D eigenvalue weighted by Gasteiger charge is -2.38. The van der Waals surface area contributed by atoms with Gasteiger partial charge in [-0.05, 0) is 28.1 Å². The molecule has 28 heavy (non-hydrogen) atoms. The van der Waals surface area contributed by atoms with Crippen molar-refractivity contribution in [3.8, 4) is 5.75 Å². The number of methoxy groups -OCH3 is 1. The zero-order chi connectivity index (χ0) is 20.7. The number of benzene rings is 1. The summed E-state index contributed by atoms with van der Waals surface area (Å²) in [5, 5.41) is 0. The molecule has 0 atom stereocenters. The number of nitrogens with zero attached hydrogens (tertiary/aromatic N) is 3. The van der Waals surface area contributed by atoms with Gasteiger partial charge in [0.1, 0.15) is 11.6 Å². The number of hydrogen-bond donors (Lipinski definition) is 0. The Balaban J connectivity index is 0.00000136. The first-order valence-corrected chi connectivity index (χ1v) is 10.0. The maximum atomic E-state index is 12.8. The molecular formula is C20H25BrF3N3O. The lowest BCUT2D eigenvalue weighted by atomic mass is 10.2. The largest absolute Gasteiger partial charge is 0.497 e. The molecule has 3 rings (SSSR count). The summed E-state index contributed by atoms with van der Waals surface area (Å²) < 4.78 is 44.7. The molecule has 0 unspecified atom stereocenters. The van der Waals surface area contributed by atoms with Crippen LogP contribution < -0.4 is 9.64 Å². The third kappa shape index (κ3) is 5.53. The molecule has 0 spiro atoms. The summed E-state index contributed by atoms with van der Waals surface area (Å²) >= 11 is 3.56. The van der Waals surface area contributed by atoms with Crippen LogP contribution in [0.5, 0.6) is 5.75 Å². The van der Waals surface area contributed by atoms with Crippen LogP contribution in [-0.4, -0.2) is 50.2 Å². The molecule has 4 nitrogen and oxygen atoms in total. The van der Waals surface area contributed by atoms with Gasteiger partial charge in [-0.15, -0.1) is 0 Å². The Morgan fingerprint density at radius 2 is 1.71 bits per heavy atom. The Bertz CT molecular complexity index is 752. The lowest BCUT2D eigenvalue weighted by Crippen LogP contribution is -2.48. The van der Waals surface area contributed by atoms with Crippen molar-refractivity contribution in [1.82, 2.24) is 4.90 Å². The second-order valence-corrected chi connectivity index (χ2v) is 6.88. The molecule has 0 aliphatic carbocycles. The van der Waals surface area contributed by atoms with Crippen LogP contribution in [0.15, 0.2) is 51.6 Å². The Morgan fingerprint density at radius 1 is 1.07 bits per heavy atom. The van der Waals surface area contributed by atoms with Gasteiger partial charge in [-0.2, -0.15) is 13.2 Å². The zero-order valence-corrected chi connectivity index (χ0v) is 17.8. The minimum absolute atomic E-state index is 0.402. The normalized spacial score (nSPS) is 17.2. The SMILES string of the molecule is CC.COc1ccc(Br)c(N2CCN(C3=NC=C(C(F)(F)F)C=CC3)CC2)c1. The summed E-state index contributed by atoms with van der Waals surface area (Å²) in [6, 6.07) is 5.81. The summed E-state index contributed by atoms with van der Waals surface area (Å²) in [5.41, 5.74) is 0.331. The summed E-state index contributed by atoms with van der Waals surface area (Å²) in [4.78, 5) is 8.36. The maximum Gasteiger partial charge on any atom is 0.417 e. The van der Waals surface area contributed by atoms with E-state index in [0.717, 1.165) is 41.3 Å². The number of amidine groups is 1. The van der Waals surface area contributed by atoms with Gasteiger partial charge in [-0.3, -0.25) is 0 Å². The van der Waals surface area contributed by atoms with E-state index in [1.165, 1.54) is 6.08 Å². The second kappa shape index (κ2) is 10.0. The highest BCUT2D eigenvalue weighted by Gasteiger charge is 2.32. The van der Waals surface area contributed by atoms with Crippen molar-refractivity contribution >= 4 is 27.5 Å². The van der Waals surface area contributed by atoms with Crippen LogP contribution in [0.3, 0.4) is 0 Å². The third-order valence-electron chi connectivity index (χ3n) is 4.42. The zero-order valence-electron chi connectivity index (χ0n) is 16.3. The Kier molecular flexibility index (Phi) is 7.98. The summed E-state index contributed by atoms with van der Waals surface area (Å²) in [7, 11) is 1.63. The van der Waals surface area contributed by atoms with Crippen molar-refractivity contribution in [3.05, 3.63) is 46.6 Å². The summed E-state index contributed by atoms with van der Waals surface area (Å²) in [5.74, 6) is 1.46. The molecule has 8 heteroatoms. The van der Waals surface area contributed by atoms with E-state index in [1.54, 1.807) is 7.11 Å².